The number of allylic oxidation sites excluding steroid dienone is 1. The SMILES string of the molecule is CCC=CC(=O)N(CC(F)(F)F)C1C=C(C(=O)NCCO)C2c3cc(CO)cc(OC)c3OC2C1O. The predicted molar refractivity (Wildman–Crippen MR) is 121 cm³/mol. The summed E-state index contributed by atoms with van der Waals surface area (Å²) in [6, 6.07) is 1.52. The summed E-state index contributed by atoms with van der Waals surface area (Å²) in [6.45, 7) is -0.821. The minimum absolute atomic E-state index is 0.0425. The van der Waals surface area contributed by atoms with E-state index in [1.165, 1.54) is 19.3 Å². The fraction of sp³-hybridized carbons (Fsp3) is 0.500. The molecule has 4 unspecified atom stereocenters. The highest BCUT2D eigenvalue weighted by Crippen LogP contribution is 2.51. The summed E-state index contributed by atoms with van der Waals surface area (Å²) in [5.74, 6) is -2.24. The molecule has 3 rings (SSSR count). The summed E-state index contributed by atoms with van der Waals surface area (Å²) in [5, 5.41) is 32.5. The highest BCUT2D eigenvalue weighted by Gasteiger charge is 2.52. The third kappa shape index (κ3) is 5.66. The molecule has 1 aromatic rings. The number of aliphatic hydroxyl groups is 3. The van der Waals surface area contributed by atoms with Crippen molar-refractivity contribution in [3.63, 3.8) is 0 Å². The quantitative estimate of drug-likeness (QED) is 0.364. The van der Waals surface area contributed by atoms with Gasteiger partial charge in [0.15, 0.2) is 11.5 Å². The van der Waals surface area contributed by atoms with Crippen molar-refractivity contribution in [1.82, 2.24) is 10.2 Å². The summed E-state index contributed by atoms with van der Waals surface area (Å²) in [6.07, 6.45) is -3.72. The molecule has 2 amide bonds. The summed E-state index contributed by atoms with van der Waals surface area (Å²) in [7, 11) is 1.36. The Hall–Kier alpha value is -3.09. The number of hydrogen-bond donors (Lipinski definition) is 4. The number of hydrogen-bond acceptors (Lipinski definition) is 7. The smallest absolute Gasteiger partial charge is 0.406 e. The topological polar surface area (TPSA) is 129 Å². The van der Waals surface area contributed by atoms with Crippen molar-refractivity contribution in [1.29, 1.82) is 0 Å². The molecule has 4 N–H and O–H groups in total. The fourth-order valence-electron chi connectivity index (χ4n) is 4.46. The Labute approximate surface area is 205 Å². The zero-order chi connectivity index (χ0) is 26.6. The number of nitrogens with zero attached hydrogens (tertiary/aromatic N) is 1. The lowest BCUT2D eigenvalue weighted by atomic mass is 9.77. The van der Waals surface area contributed by atoms with Crippen molar-refractivity contribution in [3.05, 3.63) is 47.1 Å². The van der Waals surface area contributed by atoms with Crippen molar-refractivity contribution in [3.8, 4) is 11.5 Å². The van der Waals surface area contributed by atoms with Crippen LogP contribution in [0, 0.1) is 0 Å². The third-order valence-corrected chi connectivity index (χ3v) is 5.98. The average Bonchev–Trinajstić information content (AvgIpc) is 3.23. The van der Waals surface area contributed by atoms with Gasteiger partial charge < -0.3 is 35.0 Å². The minimum Gasteiger partial charge on any atom is -0.493 e. The molecular formula is C24H29F3N2O7. The summed E-state index contributed by atoms with van der Waals surface area (Å²) in [4.78, 5) is 26.3. The van der Waals surface area contributed by atoms with E-state index >= 15 is 0 Å². The van der Waals surface area contributed by atoms with Crippen LogP contribution in [-0.4, -0.2) is 83.3 Å². The number of rotatable bonds is 9. The van der Waals surface area contributed by atoms with Gasteiger partial charge in [0.2, 0.25) is 11.8 Å². The van der Waals surface area contributed by atoms with Crippen molar-refractivity contribution in [2.24, 2.45) is 0 Å². The monoisotopic (exact) mass is 514 g/mol. The molecule has 0 bridgehead atoms. The number of alkyl halides is 3. The van der Waals surface area contributed by atoms with Gasteiger partial charge in [-0.25, -0.2) is 0 Å². The lowest BCUT2D eigenvalue weighted by molar-refractivity contribution is -0.167. The average molecular weight is 514 g/mol. The molecule has 9 nitrogen and oxygen atoms in total. The lowest BCUT2D eigenvalue weighted by Crippen LogP contribution is -2.57. The van der Waals surface area contributed by atoms with Gasteiger partial charge in [0.1, 0.15) is 18.8 Å². The molecule has 198 valence electrons. The second kappa shape index (κ2) is 11.3. The number of halogens is 3. The largest absolute Gasteiger partial charge is 0.493 e. The Balaban J connectivity index is 2.15. The van der Waals surface area contributed by atoms with Gasteiger partial charge in [0, 0.05) is 17.7 Å². The first-order valence-electron chi connectivity index (χ1n) is 11.4. The molecule has 4 atom stereocenters. The van der Waals surface area contributed by atoms with Gasteiger partial charge in [-0.2, -0.15) is 13.2 Å². The molecule has 0 spiro atoms. The maximum Gasteiger partial charge on any atom is 0.406 e. The Bertz CT molecular complexity index is 1040. The Morgan fingerprint density at radius 1 is 1.28 bits per heavy atom. The van der Waals surface area contributed by atoms with Gasteiger partial charge in [0.25, 0.3) is 0 Å². The molecule has 0 fully saturated rings. The van der Waals surface area contributed by atoms with Gasteiger partial charge in [-0.3, -0.25) is 9.59 Å². The van der Waals surface area contributed by atoms with Crippen LogP contribution in [0.4, 0.5) is 13.2 Å². The maximum absolute atomic E-state index is 13.5. The number of carbonyl (C=O) groups is 2. The van der Waals surface area contributed by atoms with E-state index in [9.17, 15) is 33.0 Å². The number of carbonyl (C=O) groups excluding carboxylic acids is 2. The van der Waals surface area contributed by atoms with E-state index in [2.05, 4.69) is 5.32 Å². The fourth-order valence-corrected chi connectivity index (χ4v) is 4.46. The van der Waals surface area contributed by atoms with E-state index in [-0.39, 0.29) is 36.8 Å². The third-order valence-electron chi connectivity index (χ3n) is 5.98. The molecular weight excluding hydrogens is 485 g/mol. The Morgan fingerprint density at radius 2 is 2.00 bits per heavy atom. The number of nitrogens with one attached hydrogen (secondary N) is 1. The van der Waals surface area contributed by atoms with Gasteiger partial charge in [-0.05, 0) is 36.3 Å². The van der Waals surface area contributed by atoms with Crippen molar-refractivity contribution >= 4 is 11.8 Å². The van der Waals surface area contributed by atoms with Crippen LogP contribution >= 0.6 is 0 Å². The van der Waals surface area contributed by atoms with Crippen LogP contribution in [0.3, 0.4) is 0 Å². The van der Waals surface area contributed by atoms with Crippen LogP contribution in [-0.2, 0) is 16.2 Å². The minimum atomic E-state index is -4.78. The number of fused-ring (bicyclic) bond motifs is 3. The first kappa shape index (κ1) is 27.5. The van der Waals surface area contributed by atoms with E-state index < -0.39 is 48.7 Å². The first-order valence-corrected chi connectivity index (χ1v) is 11.4. The van der Waals surface area contributed by atoms with E-state index in [1.807, 2.05) is 0 Å². The van der Waals surface area contributed by atoms with Crippen LogP contribution in [0.25, 0.3) is 0 Å². The first-order chi connectivity index (χ1) is 17.1. The van der Waals surface area contributed by atoms with E-state index in [4.69, 9.17) is 14.6 Å². The zero-order valence-electron chi connectivity index (χ0n) is 19.8. The number of ether oxygens (including phenoxy) is 2. The van der Waals surface area contributed by atoms with Crippen LogP contribution < -0.4 is 14.8 Å². The molecule has 0 saturated heterocycles. The van der Waals surface area contributed by atoms with Crippen molar-refractivity contribution in [2.75, 3.05) is 26.8 Å². The molecule has 0 radical (unpaired) electrons. The second-order valence-corrected chi connectivity index (χ2v) is 8.41. The van der Waals surface area contributed by atoms with E-state index in [0.29, 0.717) is 22.4 Å². The number of benzene rings is 1. The highest BCUT2D eigenvalue weighted by atomic mass is 19.4. The molecule has 1 aromatic carbocycles. The highest BCUT2D eigenvalue weighted by molar-refractivity contribution is 5.96. The summed E-state index contributed by atoms with van der Waals surface area (Å²) < 4.78 is 51.6. The molecule has 2 aliphatic rings. The second-order valence-electron chi connectivity index (χ2n) is 8.41. The zero-order valence-corrected chi connectivity index (χ0v) is 19.8. The normalized spacial score (nSPS) is 22.9. The molecule has 0 aromatic heterocycles. The lowest BCUT2D eigenvalue weighted by Gasteiger charge is -2.40. The van der Waals surface area contributed by atoms with E-state index in [1.54, 1.807) is 13.0 Å². The van der Waals surface area contributed by atoms with Gasteiger partial charge in [-0.1, -0.05) is 13.0 Å². The Morgan fingerprint density at radius 3 is 2.58 bits per heavy atom. The summed E-state index contributed by atoms with van der Waals surface area (Å²) in [5.41, 5.74) is 0.783. The van der Waals surface area contributed by atoms with Crippen LogP contribution in [0.5, 0.6) is 11.5 Å². The molecule has 1 aliphatic carbocycles. The van der Waals surface area contributed by atoms with Crippen molar-refractivity contribution < 1.29 is 47.6 Å². The summed E-state index contributed by atoms with van der Waals surface area (Å²) >= 11 is 0. The Kier molecular flexibility index (Phi) is 8.64. The standard InChI is InChI=1S/C24H29F3N2O7/c1-3-4-5-18(32)29(12-24(25,26)27)16-10-15(23(34)28-6-7-30)19-14-8-13(11-31)9-17(35-2)21(14)36-22(19)20(16)33/h4-5,8-10,16,19-20,22,30-31,33H,3,6-7,11-12H2,1-2H3,(H,28,34). The van der Waals surface area contributed by atoms with Gasteiger partial charge >= 0.3 is 6.18 Å². The van der Waals surface area contributed by atoms with Crippen LogP contribution in [0.15, 0.2) is 35.9 Å². The van der Waals surface area contributed by atoms with Gasteiger partial charge in [0.05, 0.1) is 32.3 Å². The van der Waals surface area contributed by atoms with Crippen molar-refractivity contribution in [2.45, 2.75) is 50.3 Å². The molecule has 36 heavy (non-hydrogen) atoms. The van der Waals surface area contributed by atoms with Crippen LogP contribution in [0.1, 0.15) is 30.4 Å². The van der Waals surface area contributed by atoms with Gasteiger partial charge in [-0.15, -0.1) is 0 Å². The number of aliphatic hydroxyl groups excluding tert-OH is 3. The molecule has 0 saturated carbocycles. The predicted octanol–water partition coefficient (Wildman–Crippen LogP) is 1.17. The molecule has 1 aliphatic heterocycles. The number of amides is 2. The van der Waals surface area contributed by atoms with Crippen LogP contribution in [0.2, 0.25) is 0 Å². The maximum atomic E-state index is 13.5. The molecule has 12 heteroatoms. The number of methoxy groups -OCH3 is 1. The van der Waals surface area contributed by atoms with E-state index in [0.717, 1.165) is 12.2 Å². The molecule has 1 heterocycles.